The lowest BCUT2D eigenvalue weighted by atomic mass is 10.0. The van der Waals surface area contributed by atoms with Crippen molar-refractivity contribution < 1.29 is 24.5 Å². The Morgan fingerprint density at radius 1 is 0.483 bits per heavy atom. The molecule has 2 atom stereocenters. The van der Waals surface area contributed by atoms with Gasteiger partial charge in [0.15, 0.2) is 0 Å². The highest BCUT2D eigenvalue weighted by molar-refractivity contribution is 5.76. The van der Waals surface area contributed by atoms with Crippen LogP contribution in [0.25, 0.3) is 0 Å². The molecule has 1 amide bonds. The molecule has 0 radical (unpaired) electrons. The van der Waals surface area contributed by atoms with E-state index in [0.717, 1.165) is 51.4 Å². The fraction of sp³-hybridized carbons (Fsp3) is 0.846. The summed E-state index contributed by atoms with van der Waals surface area (Å²) in [6.07, 6.45) is 57.2. The topological polar surface area (TPSA) is 95.9 Å². The molecule has 0 aliphatic heterocycles. The second-order valence-electron chi connectivity index (χ2n) is 17.1. The molecule has 6 nitrogen and oxygen atoms in total. The predicted molar refractivity (Wildman–Crippen MR) is 250 cm³/mol. The second-order valence-corrected chi connectivity index (χ2v) is 17.1. The van der Waals surface area contributed by atoms with E-state index in [2.05, 4.69) is 43.5 Å². The van der Waals surface area contributed by atoms with E-state index in [-0.39, 0.29) is 18.5 Å². The summed E-state index contributed by atoms with van der Waals surface area (Å²) >= 11 is 0. The number of carbonyl (C=O) groups excluding carboxylic acids is 2. The molecule has 2 unspecified atom stereocenters. The quantitative estimate of drug-likeness (QED) is 0.0323. The van der Waals surface area contributed by atoms with Gasteiger partial charge in [-0.2, -0.15) is 0 Å². The summed E-state index contributed by atoms with van der Waals surface area (Å²) in [5.41, 5.74) is 0. The smallest absolute Gasteiger partial charge is 0.305 e. The van der Waals surface area contributed by atoms with Crippen molar-refractivity contribution in [1.29, 1.82) is 0 Å². The largest absolute Gasteiger partial charge is 0.466 e. The number of hydrogen-bond acceptors (Lipinski definition) is 5. The Hall–Kier alpha value is -1.92. The van der Waals surface area contributed by atoms with Crippen molar-refractivity contribution in [3.05, 3.63) is 36.5 Å². The lowest BCUT2D eigenvalue weighted by Gasteiger charge is -2.20. The van der Waals surface area contributed by atoms with Gasteiger partial charge in [0.05, 0.1) is 25.4 Å². The first kappa shape index (κ1) is 56.1. The maximum atomic E-state index is 12.4. The van der Waals surface area contributed by atoms with Crippen molar-refractivity contribution >= 4 is 11.9 Å². The monoisotopic (exact) mass is 816 g/mol. The highest BCUT2D eigenvalue weighted by Gasteiger charge is 2.18. The van der Waals surface area contributed by atoms with E-state index in [1.807, 2.05) is 6.08 Å². The number of ether oxygens (including phenoxy) is 1. The Morgan fingerprint density at radius 3 is 1.36 bits per heavy atom. The maximum absolute atomic E-state index is 12.4. The summed E-state index contributed by atoms with van der Waals surface area (Å²) in [4.78, 5) is 24.4. The zero-order valence-electron chi connectivity index (χ0n) is 38.5. The maximum Gasteiger partial charge on any atom is 0.305 e. The van der Waals surface area contributed by atoms with E-state index >= 15 is 0 Å². The Labute approximate surface area is 360 Å². The van der Waals surface area contributed by atoms with Crippen molar-refractivity contribution in [2.75, 3.05) is 13.2 Å². The number of amides is 1. The molecule has 0 rings (SSSR count). The predicted octanol–water partition coefficient (Wildman–Crippen LogP) is 14.9. The average molecular weight is 816 g/mol. The molecule has 0 saturated heterocycles. The van der Waals surface area contributed by atoms with E-state index in [9.17, 15) is 19.8 Å². The minimum absolute atomic E-state index is 0.00912. The Morgan fingerprint density at radius 2 is 0.879 bits per heavy atom. The number of nitrogens with one attached hydrogen (secondary N) is 1. The number of aliphatic hydroxyl groups excluding tert-OH is 2. The summed E-state index contributed by atoms with van der Waals surface area (Å²) in [6.45, 7) is 4.81. The third-order valence-electron chi connectivity index (χ3n) is 11.4. The van der Waals surface area contributed by atoms with Crippen LogP contribution in [0.2, 0.25) is 0 Å². The van der Waals surface area contributed by atoms with Crippen LogP contribution < -0.4 is 5.32 Å². The fourth-order valence-electron chi connectivity index (χ4n) is 7.47. The highest BCUT2D eigenvalue weighted by Crippen LogP contribution is 2.16. The zero-order valence-corrected chi connectivity index (χ0v) is 38.5. The molecule has 0 saturated carbocycles. The van der Waals surface area contributed by atoms with Crippen molar-refractivity contribution in [2.45, 2.75) is 270 Å². The molecule has 0 spiro atoms. The van der Waals surface area contributed by atoms with Crippen LogP contribution in [0, 0.1) is 0 Å². The van der Waals surface area contributed by atoms with Crippen molar-refractivity contribution in [3.8, 4) is 0 Å². The standard InChI is InChI=1S/C52H97NO5/c1-3-5-7-9-11-13-14-15-23-26-30-34-38-42-46-52(57)58-47-43-39-35-31-27-24-21-19-17-16-18-20-22-25-29-33-37-41-45-51(56)53-49(48-54)50(55)44-40-36-32-28-12-10-8-6-4-2/h9,11,14-15,40,44,49-50,54-55H,3-8,10,12-13,16-39,41-43,45-48H2,1-2H3,(H,53,56)/b11-9-,15-14-,44-40+. The SMILES string of the molecule is CCCC/C=C\C/C=C\CCCCCCCC(=O)OCCCCCCCCCCCCCCCCCCCCC(=O)NC(CO)C(O)/C=C/CCCCCCCCC. The molecule has 340 valence electrons. The Bertz CT molecular complexity index is 946. The fourth-order valence-corrected chi connectivity index (χ4v) is 7.47. The van der Waals surface area contributed by atoms with E-state index < -0.39 is 12.1 Å². The summed E-state index contributed by atoms with van der Waals surface area (Å²) in [7, 11) is 0. The first-order valence-corrected chi connectivity index (χ1v) is 25.3. The molecule has 0 fully saturated rings. The van der Waals surface area contributed by atoms with Crippen molar-refractivity contribution in [3.63, 3.8) is 0 Å². The first-order valence-electron chi connectivity index (χ1n) is 25.3. The van der Waals surface area contributed by atoms with E-state index in [1.54, 1.807) is 6.08 Å². The second kappa shape index (κ2) is 47.8. The molecular weight excluding hydrogens is 719 g/mol. The van der Waals surface area contributed by atoms with Gasteiger partial charge in [0, 0.05) is 12.8 Å². The summed E-state index contributed by atoms with van der Waals surface area (Å²) < 4.78 is 5.46. The van der Waals surface area contributed by atoms with Crippen LogP contribution >= 0.6 is 0 Å². The third-order valence-corrected chi connectivity index (χ3v) is 11.4. The van der Waals surface area contributed by atoms with Gasteiger partial charge in [-0.05, 0) is 57.8 Å². The van der Waals surface area contributed by atoms with E-state index in [0.29, 0.717) is 19.4 Å². The first-order chi connectivity index (χ1) is 28.5. The van der Waals surface area contributed by atoms with Crippen LogP contribution in [-0.4, -0.2) is 47.4 Å². The number of allylic oxidation sites excluding steroid dienone is 5. The van der Waals surface area contributed by atoms with Crippen LogP contribution in [0.1, 0.15) is 258 Å². The number of esters is 1. The lowest BCUT2D eigenvalue weighted by Crippen LogP contribution is -2.45. The molecular formula is C52H97NO5. The molecule has 58 heavy (non-hydrogen) atoms. The molecule has 0 aliphatic carbocycles. The van der Waals surface area contributed by atoms with Gasteiger partial charge >= 0.3 is 5.97 Å². The summed E-state index contributed by atoms with van der Waals surface area (Å²) in [5.74, 6) is -0.0851. The van der Waals surface area contributed by atoms with Gasteiger partial charge in [0.25, 0.3) is 0 Å². The molecule has 0 bridgehead atoms. The minimum atomic E-state index is -0.845. The number of hydrogen-bond donors (Lipinski definition) is 3. The van der Waals surface area contributed by atoms with Gasteiger partial charge in [-0.15, -0.1) is 0 Å². The van der Waals surface area contributed by atoms with Gasteiger partial charge in [-0.25, -0.2) is 0 Å². The normalized spacial score (nSPS) is 13.0. The number of rotatable bonds is 46. The van der Waals surface area contributed by atoms with Crippen LogP contribution in [0.5, 0.6) is 0 Å². The van der Waals surface area contributed by atoms with Crippen molar-refractivity contribution in [1.82, 2.24) is 5.32 Å². The Kier molecular flexibility index (Phi) is 46.2. The minimum Gasteiger partial charge on any atom is -0.466 e. The molecule has 3 N–H and O–H groups in total. The zero-order chi connectivity index (χ0) is 42.3. The molecule has 0 heterocycles. The summed E-state index contributed by atoms with van der Waals surface area (Å²) in [5, 5.41) is 22.9. The molecule has 0 aromatic heterocycles. The van der Waals surface area contributed by atoms with Crippen LogP contribution in [0.15, 0.2) is 36.5 Å². The van der Waals surface area contributed by atoms with E-state index in [4.69, 9.17) is 4.74 Å². The van der Waals surface area contributed by atoms with Crippen molar-refractivity contribution in [2.24, 2.45) is 0 Å². The molecule has 0 aromatic carbocycles. The van der Waals surface area contributed by atoms with Gasteiger partial charge in [-0.1, -0.05) is 224 Å². The van der Waals surface area contributed by atoms with Gasteiger partial charge in [-0.3, -0.25) is 9.59 Å². The van der Waals surface area contributed by atoms with Crippen LogP contribution in [-0.2, 0) is 14.3 Å². The summed E-state index contributed by atoms with van der Waals surface area (Å²) in [6, 6.07) is -0.629. The number of aliphatic hydroxyl groups is 2. The van der Waals surface area contributed by atoms with E-state index in [1.165, 1.54) is 180 Å². The molecule has 6 heteroatoms. The molecule has 0 aliphatic rings. The third kappa shape index (κ3) is 43.7. The van der Waals surface area contributed by atoms with Crippen LogP contribution in [0.3, 0.4) is 0 Å². The number of unbranched alkanes of at least 4 members (excludes halogenated alkanes) is 31. The van der Waals surface area contributed by atoms with Crippen LogP contribution in [0.4, 0.5) is 0 Å². The highest BCUT2D eigenvalue weighted by atomic mass is 16.5. The Balaban J connectivity index is 3.41. The van der Waals surface area contributed by atoms with Gasteiger partial charge in [0.1, 0.15) is 0 Å². The molecule has 0 aromatic rings. The van der Waals surface area contributed by atoms with Gasteiger partial charge in [0.2, 0.25) is 5.91 Å². The van der Waals surface area contributed by atoms with Gasteiger partial charge < -0.3 is 20.3 Å². The average Bonchev–Trinajstić information content (AvgIpc) is 3.22. The number of carbonyl (C=O) groups is 2. The lowest BCUT2D eigenvalue weighted by molar-refractivity contribution is -0.143.